The highest BCUT2D eigenvalue weighted by molar-refractivity contribution is 5.17. The summed E-state index contributed by atoms with van der Waals surface area (Å²) in [5.74, 6) is 1.01. The highest BCUT2D eigenvalue weighted by atomic mass is 14.2. The first-order valence-corrected chi connectivity index (χ1v) is 6.66. The third-order valence-electron chi connectivity index (χ3n) is 3.96. The highest BCUT2D eigenvalue weighted by Gasteiger charge is 2.19. The number of allylic oxidation sites excluding steroid dienone is 2. The van der Waals surface area contributed by atoms with Gasteiger partial charge in [-0.05, 0) is 31.6 Å². The van der Waals surface area contributed by atoms with Crippen molar-refractivity contribution in [3.63, 3.8) is 0 Å². The topological polar surface area (TPSA) is 0 Å². The minimum absolute atomic E-state index is 1.01. The summed E-state index contributed by atoms with van der Waals surface area (Å²) >= 11 is 0. The van der Waals surface area contributed by atoms with Crippen LogP contribution in [-0.2, 0) is 0 Å². The summed E-state index contributed by atoms with van der Waals surface area (Å²) in [6, 6.07) is 0. The van der Waals surface area contributed by atoms with E-state index in [9.17, 15) is 0 Å². The fraction of sp³-hybridized carbons (Fsp3) is 0.857. The van der Waals surface area contributed by atoms with Crippen molar-refractivity contribution < 1.29 is 0 Å². The Balaban J connectivity index is 1.75. The molecule has 0 spiro atoms. The molecule has 0 bridgehead atoms. The molecule has 1 atom stereocenters. The predicted octanol–water partition coefficient (Wildman–Crippen LogP) is 4.85. The fourth-order valence-electron chi connectivity index (χ4n) is 2.84. The van der Waals surface area contributed by atoms with Crippen LogP contribution >= 0.6 is 0 Å². The van der Waals surface area contributed by atoms with E-state index in [-0.39, 0.29) is 0 Å². The number of hydrogen-bond acceptors (Lipinski definition) is 0. The van der Waals surface area contributed by atoms with Gasteiger partial charge in [-0.2, -0.15) is 0 Å². The molecule has 0 aromatic heterocycles. The summed E-state index contributed by atoms with van der Waals surface area (Å²) in [4.78, 5) is 0. The second kappa shape index (κ2) is 5.58. The van der Waals surface area contributed by atoms with Crippen molar-refractivity contribution in [1.82, 2.24) is 0 Å². The molecule has 14 heavy (non-hydrogen) atoms. The number of fused-ring (bicyclic) bond motifs is 1. The molecule has 2 aliphatic rings. The van der Waals surface area contributed by atoms with Gasteiger partial charge in [-0.3, -0.25) is 0 Å². The van der Waals surface area contributed by atoms with Crippen molar-refractivity contribution in [3.8, 4) is 0 Å². The van der Waals surface area contributed by atoms with Gasteiger partial charge in [0, 0.05) is 0 Å². The smallest absolute Gasteiger partial charge is 0.0169 e. The Morgan fingerprint density at radius 3 is 2.07 bits per heavy atom. The third-order valence-corrected chi connectivity index (χ3v) is 3.96. The van der Waals surface area contributed by atoms with Gasteiger partial charge in [0.05, 0.1) is 0 Å². The minimum Gasteiger partial charge on any atom is -0.0844 e. The Hall–Kier alpha value is -0.260. The van der Waals surface area contributed by atoms with E-state index in [2.05, 4.69) is 6.08 Å². The first-order valence-electron chi connectivity index (χ1n) is 6.66. The summed E-state index contributed by atoms with van der Waals surface area (Å²) in [6.07, 6.45) is 18.7. The van der Waals surface area contributed by atoms with Gasteiger partial charge in [0.25, 0.3) is 0 Å². The molecule has 0 aromatic rings. The van der Waals surface area contributed by atoms with Crippen molar-refractivity contribution in [2.45, 2.75) is 70.6 Å². The van der Waals surface area contributed by atoms with Gasteiger partial charge in [0.2, 0.25) is 0 Å². The monoisotopic (exact) mass is 192 g/mol. The van der Waals surface area contributed by atoms with Crippen LogP contribution < -0.4 is 0 Å². The van der Waals surface area contributed by atoms with Gasteiger partial charge in [-0.15, -0.1) is 0 Å². The molecule has 0 aromatic carbocycles. The molecule has 0 heterocycles. The summed E-state index contributed by atoms with van der Waals surface area (Å²) in [5.41, 5.74) is 1.81. The van der Waals surface area contributed by atoms with Crippen LogP contribution in [0.2, 0.25) is 0 Å². The molecule has 0 radical (unpaired) electrons. The van der Waals surface area contributed by atoms with Crippen molar-refractivity contribution in [2.75, 3.05) is 0 Å². The molecular formula is C14H24. The van der Waals surface area contributed by atoms with E-state index in [4.69, 9.17) is 0 Å². The number of hydrogen-bond donors (Lipinski definition) is 0. The third kappa shape index (κ3) is 2.87. The lowest BCUT2D eigenvalue weighted by Gasteiger charge is -2.28. The lowest BCUT2D eigenvalue weighted by Crippen LogP contribution is -2.12. The lowest BCUT2D eigenvalue weighted by molar-refractivity contribution is 0.440. The van der Waals surface area contributed by atoms with E-state index in [1.807, 2.05) is 5.57 Å². The second-order valence-corrected chi connectivity index (χ2v) is 5.08. The zero-order chi connectivity index (χ0) is 9.64. The number of rotatable bonds is 0. The SMILES string of the molecule is C1=C2CCCCCCCCCCC2C1. The Morgan fingerprint density at radius 1 is 0.786 bits per heavy atom. The molecule has 0 saturated heterocycles. The first-order chi connectivity index (χ1) is 6.97. The molecule has 1 saturated carbocycles. The van der Waals surface area contributed by atoms with Crippen molar-refractivity contribution in [2.24, 2.45) is 5.92 Å². The van der Waals surface area contributed by atoms with Crippen LogP contribution in [-0.4, -0.2) is 0 Å². The average Bonchev–Trinajstić information content (AvgIpc) is 2.16. The summed E-state index contributed by atoms with van der Waals surface area (Å²) in [6.45, 7) is 0. The Labute approximate surface area is 88.8 Å². The van der Waals surface area contributed by atoms with E-state index in [0.717, 1.165) is 5.92 Å². The summed E-state index contributed by atoms with van der Waals surface area (Å²) < 4.78 is 0. The minimum atomic E-state index is 1.01. The van der Waals surface area contributed by atoms with Gasteiger partial charge in [-0.25, -0.2) is 0 Å². The van der Waals surface area contributed by atoms with Gasteiger partial charge in [0.1, 0.15) is 0 Å². The quantitative estimate of drug-likeness (QED) is 0.481. The maximum Gasteiger partial charge on any atom is -0.0169 e. The molecule has 0 nitrogen and oxygen atoms in total. The van der Waals surface area contributed by atoms with Crippen LogP contribution in [0, 0.1) is 5.92 Å². The maximum atomic E-state index is 2.50. The van der Waals surface area contributed by atoms with Gasteiger partial charge < -0.3 is 0 Å². The molecule has 1 fully saturated rings. The predicted molar refractivity (Wildman–Crippen MR) is 62.4 cm³/mol. The van der Waals surface area contributed by atoms with Crippen molar-refractivity contribution in [1.29, 1.82) is 0 Å². The van der Waals surface area contributed by atoms with Crippen LogP contribution in [0.5, 0.6) is 0 Å². The molecule has 2 aliphatic carbocycles. The average molecular weight is 192 g/mol. The molecule has 0 amide bonds. The van der Waals surface area contributed by atoms with Crippen molar-refractivity contribution >= 4 is 0 Å². The fourth-order valence-corrected chi connectivity index (χ4v) is 2.84. The summed E-state index contributed by atoms with van der Waals surface area (Å²) in [5, 5.41) is 0. The normalized spacial score (nSPS) is 30.3. The molecule has 80 valence electrons. The zero-order valence-corrected chi connectivity index (χ0v) is 9.43. The Morgan fingerprint density at radius 2 is 1.43 bits per heavy atom. The van der Waals surface area contributed by atoms with E-state index >= 15 is 0 Å². The van der Waals surface area contributed by atoms with Crippen LogP contribution in [0.3, 0.4) is 0 Å². The largest absolute Gasteiger partial charge is 0.0844 e. The van der Waals surface area contributed by atoms with E-state index < -0.39 is 0 Å². The molecule has 0 aliphatic heterocycles. The van der Waals surface area contributed by atoms with Crippen LogP contribution in [0.1, 0.15) is 70.6 Å². The molecule has 0 N–H and O–H groups in total. The Kier molecular flexibility index (Phi) is 4.09. The zero-order valence-electron chi connectivity index (χ0n) is 9.43. The molecular weight excluding hydrogens is 168 g/mol. The molecule has 1 unspecified atom stereocenters. The van der Waals surface area contributed by atoms with Gasteiger partial charge in [0.15, 0.2) is 0 Å². The van der Waals surface area contributed by atoms with Crippen LogP contribution in [0.4, 0.5) is 0 Å². The van der Waals surface area contributed by atoms with Gasteiger partial charge in [-0.1, -0.05) is 56.6 Å². The Bertz CT molecular complexity index is 190. The maximum absolute atomic E-state index is 2.50. The molecule has 0 heteroatoms. The van der Waals surface area contributed by atoms with Crippen molar-refractivity contribution in [3.05, 3.63) is 11.6 Å². The van der Waals surface area contributed by atoms with Gasteiger partial charge >= 0.3 is 0 Å². The second-order valence-electron chi connectivity index (χ2n) is 5.08. The summed E-state index contributed by atoms with van der Waals surface area (Å²) in [7, 11) is 0. The highest BCUT2D eigenvalue weighted by Crippen LogP contribution is 2.35. The van der Waals surface area contributed by atoms with E-state index in [0.29, 0.717) is 0 Å². The van der Waals surface area contributed by atoms with E-state index in [1.54, 1.807) is 0 Å². The van der Waals surface area contributed by atoms with Crippen LogP contribution in [0.25, 0.3) is 0 Å². The standard InChI is InChI=1S/C14H24/c1-2-4-6-8-10-14-12-11-13(14)9-7-5-3-1/h11,14H,1-10,12H2. The first kappa shape index (κ1) is 10.3. The molecule has 2 rings (SSSR count). The van der Waals surface area contributed by atoms with Crippen LogP contribution in [0.15, 0.2) is 11.6 Å². The lowest BCUT2D eigenvalue weighted by atomic mass is 9.78. The van der Waals surface area contributed by atoms with E-state index in [1.165, 1.54) is 70.6 Å².